The van der Waals surface area contributed by atoms with Crippen molar-refractivity contribution in [3.8, 4) is 11.1 Å². The second-order valence-electron chi connectivity index (χ2n) is 9.81. The zero-order chi connectivity index (χ0) is 28.9. The molecule has 2 amide bonds. The van der Waals surface area contributed by atoms with Crippen molar-refractivity contribution in [3.05, 3.63) is 107 Å². The highest BCUT2D eigenvalue weighted by Crippen LogP contribution is 2.44. The van der Waals surface area contributed by atoms with Gasteiger partial charge in [-0.2, -0.15) is 5.10 Å². The number of carboxylic acid groups (broad SMARTS) is 1. The van der Waals surface area contributed by atoms with E-state index in [0.29, 0.717) is 0 Å². The van der Waals surface area contributed by atoms with Crippen molar-refractivity contribution in [2.24, 2.45) is 7.05 Å². The first kappa shape index (κ1) is 27.6. The molecule has 210 valence electrons. The van der Waals surface area contributed by atoms with Crippen LogP contribution < -0.4 is 10.6 Å². The summed E-state index contributed by atoms with van der Waals surface area (Å²) in [6, 6.07) is 23.9. The quantitative estimate of drug-likeness (QED) is 0.262. The molecule has 0 aliphatic heterocycles. The number of carbonyl (C=O) groups is 3. The number of ether oxygens (including phenoxy) is 2. The molecule has 1 aromatic heterocycles. The number of nitrogens with one attached hydrogen (secondary N) is 2. The summed E-state index contributed by atoms with van der Waals surface area (Å²) in [6.07, 6.45) is -0.163. The summed E-state index contributed by atoms with van der Waals surface area (Å²) in [7, 11) is 1.58. The third-order valence-corrected chi connectivity index (χ3v) is 7.00. The zero-order valence-electron chi connectivity index (χ0n) is 22.6. The van der Waals surface area contributed by atoms with Crippen LogP contribution in [0.15, 0.2) is 85.1 Å². The van der Waals surface area contributed by atoms with Gasteiger partial charge in [-0.25, -0.2) is 9.59 Å². The maximum Gasteiger partial charge on any atom is 0.411 e. The van der Waals surface area contributed by atoms with E-state index in [1.807, 2.05) is 78.9 Å². The molecule has 0 bridgehead atoms. The van der Waals surface area contributed by atoms with E-state index in [1.165, 1.54) is 10.9 Å². The van der Waals surface area contributed by atoms with Crippen LogP contribution in [0.1, 0.15) is 40.0 Å². The number of carboxylic acids is 1. The van der Waals surface area contributed by atoms with Crippen LogP contribution in [-0.4, -0.2) is 51.6 Å². The van der Waals surface area contributed by atoms with E-state index in [2.05, 4.69) is 15.7 Å². The van der Waals surface area contributed by atoms with Gasteiger partial charge in [-0.1, -0.05) is 78.9 Å². The van der Waals surface area contributed by atoms with Crippen LogP contribution >= 0.6 is 0 Å². The number of rotatable bonds is 10. The molecule has 3 aromatic carbocycles. The Labute approximate surface area is 236 Å². The van der Waals surface area contributed by atoms with Crippen LogP contribution in [0, 0.1) is 0 Å². The van der Waals surface area contributed by atoms with Crippen LogP contribution in [-0.2, 0) is 27.9 Å². The average molecular weight is 555 g/mol. The number of amides is 2. The number of benzene rings is 3. The highest BCUT2D eigenvalue weighted by Gasteiger charge is 2.31. The molecule has 10 nitrogen and oxygen atoms in total. The Bertz CT molecular complexity index is 1520. The lowest BCUT2D eigenvalue weighted by molar-refractivity contribution is -0.143. The largest absolute Gasteiger partial charge is 0.480 e. The van der Waals surface area contributed by atoms with Gasteiger partial charge in [0, 0.05) is 19.2 Å². The number of fused-ring (bicyclic) bond motifs is 3. The number of anilines is 1. The standard InChI is InChI=1S/C31H30N4O6/c1-19(40-17-20-10-4-3-5-11-20)27(30(37)38)33-29(36)28-26(16-35(2)34-28)32-31(39)41-18-25-23-14-8-6-12-21(23)22-13-7-9-15-24(22)25/h3-16,19,25,27H,17-18H2,1-2H3,(H,32,39)(H,33,36)(H,37,38)/t19-,27+/m1/s1. The number of hydrogen-bond donors (Lipinski definition) is 3. The smallest absolute Gasteiger partial charge is 0.411 e. The summed E-state index contributed by atoms with van der Waals surface area (Å²) < 4.78 is 12.6. The second-order valence-corrected chi connectivity index (χ2v) is 9.81. The molecule has 0 radical (unpaired) electrons. The molecule has 4 aromatic rings. The lowest BCUT2D eigenvalue weighted by atomic mass is 9.98. The van der Waals surface area contributed by atoms with Crippen molar-refractivity contribution >= 4 is 23.7 Å². The van der Waals surface area contributed by atoms with Crippen molar-refractivity contribution in [1.82, 2.24) is 15.1 Å². The summed E-state index contributed by atoms with van der Waals surface area (Å²) in [5, 5.41) is 18.9. The van der Waals surface area contributed by atoms with Gasteiger partial charge in [0.1, 0.15) is 6.61 Å². The normalized spacial score (nSPS) is 13.5. The van der Waals surface area contributed by atoms with Crippen LogP contribution in [0.2, 0.25) is 0 Å². The second kappa shape index (κ2) is 12.1. The molecule has 0 unspecified atom stereocenters. The van der Waals surface area contributed by atoms with E-state index in [9.17, 15) is 19.5 Å². The number of aliphatic carboxylic acids is 1. The lowest BCUT2D eigenvalue weighted by Crippen LogP contribution is -2.48. The molecule has 1 aliphatic carbocycles. The zero-order valence-corrected chi connectivity index (χ0v) is 22.6. The molecule has 10 heteroatoms. The maximum absolute atomic E-state index is 13.1. The Morgan fingerprint density at radius 3 is 2.20 bits per heavy atom. The average Bonchev–Trinajstić information content (AvgIpc) is 3.50. The highest BCUT2D eigenvalue weighted by molar-refractivity contribution is 6.02. The predicted octanol–water partition coefficient (Wildman–Crippen LogP) is 4.57. The minimum absolute atomic E-state index is 0.0872. The fourth-order valence-corrected chi connectivity index (χ4v) is 4.98. The Morgan fingerprint density at radius 2 is 1.56 bits per heavy atom. The third-order valence-electron chi connectivity index (χ3n) is 7.00. The van der Waals surface area contributed by atoms with E-state index < -0.39 is 30.1 Å². The molecular formula is C31H30N4O6. The molecule has 3 N–H and O–H groups in total. The van der Waals surface area contributed by atoms with Gasteiger partial charge in [0.25, 0.3) is 5.91 Å². The molecule has 0 saturated carbocycles. The van der Waals surface area contributed by atoms with Gasteiger partial charge in [0.15, 0.2) is 11.7 Å². The van der Waals surface area contributed by atoms with Gasteiger partial charge in [-0.05, 0) is 34.7 Å². The van der Waals surface area contributed by atoms with Gasteiger partial charge in [0.2, 0.25) is 0 Å². The summed E-state index contributed by atoms with van der Waals surface area (Å²) >= 11 is 0. The predicted molar refractivity (Wildman–Crippen MR) is 151 cm³/mol. The van der Waals surface area contributed by atoms with Crippen molar-refractivity contribution in [1.29, 1.82) is 0 Å². The molecule has 41 heavy (non-hydrogen) atoms. The van der Waals surface area contributed by atoms with Crippen molar-refractivity contribution in [2.75, 3.05) is 11.9 Å². The number of nitrogens with zero attached hydrogens (tertiary/aromatic N) is 2. The topological polar surface area (TPSA) is 132 Å². The first-order valence-electron chi connectivity index (χ1n) is 13.2. The molecule has 0 saturated heterocycles. The fraction of sp³-hybridized carbons (Fsp3) is 0.226. The number of aromatic nitrogens is 2. The highest BCUT2D eigenvalue weighted by atomic mass is 16.5. The van der Waals surface area contributed by atoms with Crippen LogP contribution in [0.25, 0.3) is 11.1 Å². The lowest BCUT2D eigenvalue weighted by Gasteiger charge is -2.22. The van der Waals surface area contributed by atoms with Gasteiger partial charge >= 0.3 is 12.1 Å². The van der Waals surface area contributed by atoms with E-state index >= 15 is 0 Å². The Kier molecular flexibility index (Phi) is 8.11. The third kappa shape index (κ3) is 6.12. The first-order chi connectivity index (χ1) is 19.8. The molecule has 1 aliphatic rings. The summed E-state index contributed by atoms with van der Waals surface area (Å²) in [4.78, 5) is 37.9. The molecule has 0 spiro atoms. The van der Waals surface area contributed by atoms with E-state index in [4.69, 9.17) is 9.47 Å². The van der Waals surface area contributed by atoms with Gasteiger partial charge in [-0.15, -0.1) is 0 Å². The van der Waals surface area contributed by atoms with Gasteiger partial charge < -0.3 is 19.9 Å². The van der Waals surface area contributed by atoms with E-state index in [1.54, 1.807) is 14.0 Å². The SMILES string of the molecule is C[C@@H](OCc1ccccc1)[C@H](NC(=O)c1nn(C)cc1NC(=O)OCC1c2ccccc2-c2ccccc21)C(=O)O. The molecule has 0 fully saturated rings. The maximum atomic E-state index is 13.1. The fourth-order valence-electron chi connectivity index (χ4n) is 4.98. The Hall–Kier alpha value is -4.96. The van der Waals surface area contributed by atoms with Crippen molar-refractivity contribution in [2.45, 2.75) is 31.6 Å². The van der Waals surface area contributed by atoms with E-state index in [-0.39, 0.29) is 30.5 Å². The first-order valence-corrected chi connectivity index (χ1v) is 13.2. The van der Waals surface area contributed by atoms with Gasteiger partial charge in [-0.3, -0.25) is 14.8 Å². The van der Waals surface area contributed by atoms with Crippen LogP contribution in [0.3, 0.4) is 0 Å². The molecule has 5 rings (SSSR count). The van der Waals surface area contributed by atoms with Crippen molar-refractivity contribution in [3.63, 3.8) is 0 Å². The summed E-state index contributed by atoms with van der Waals surface area (Å²) in [5.41, 5.74) is 5.18. The number of carbonyl (C=O) groups excluding carboxylic acids is 2. The molecule has 1 heterocycles. The Balaban J connectivity index is 1.23. The molecule has 2 atom stereocenters. The monoisotopic (exact) mass is 554 g/mol. The van der Waals surface area contributed by atoms with Crippen LogP contribution in [0.4, 0.5) is 10.5 Å². The molecular weight excluding hydrogens is 524 g/mol. The minimum Gasteiger partial charge on any atom is -0.480 e. The van der Waals surface area contributed by atoms with Crippen LogP contribution in [0.5, 0.6) is 0 Å². The number of aryl methyl sites for hydroxylation is 1. The summed E-state index contributed by atoms with van der Waals surface area (Å²) in [5.74, 6) is -2.17. The number of hydrogen-bond acceptors (Lipinski definition) is 6. The van der Waals surface area contributed by atoms with E-state index in [0.717, 1.165) is 27.8 Å². The van der Waals surface area contributed by atoms with Gasteiger partial charge in [0.05, 0.1) is 18.4 Å². The Morgan fingerprint density at radius 1 is 0.951 bits per heavy atom. The minimum atomic E-state index is -1.35. The van der Waals surface area contributed by atoms with Crippen molar-refractivity contribution < 1.29 is 29.0 Å². The summed E-state index contributed by atoms with van der Waals surface area (Å²) in [6.45, 7) is 1.84.